The molecule has 1 aromatic carbocycles. The van der Waals surface area contributed by atoms with E-state index in [2.05, 4.69) is 15.2 Å². The van der Waals surface area contributed by atoms with Crippen LogP contribution >= 0.6 is 7.75 Å². The molecule has 13 nitrogen and oxygen atoms in total. The van der Waals surface area contributed by atoms with E-state index in [1.807, 2.05) is 13.8 Å². The molecular formula is C27H38N5O8P. The zero-order chi connectivity index (χ0) is 29.8. The lowest BCUT2D eigenvalue weighted by molar-refractivity contribution is -0.146. The number of fused-ring (bicyclic) bond motifs is 1. The van der Waals surface area contributed by atoms with Gasteiger partial charge in [0.05, 0.1) is 18.9 Å². The third-order valence-electron chi connectivity index (χ3n) is 7.35. The monoisotopic (exact) mass is 591 g/mol. The molecule has 5 N–H and O–H groups in total. The second-order valence-electron chi connectivity index (χ2n) is 10.2. The first kappa shape index (κ1) is 30.9. The zero-order valence-electron chi connectivity index (χ0n) is 23.5. The van der Waals surface area contributed by atoms with Crippen molar-refractivity contribution in [3.63, 3.8) is 0 Å². The van der Waals surface area contributed by atoms with Gasteiger partial charge in [-0.05, 0) is 44.0 Å². The molecule has 14 heteroatoms. The lowest BCUT2D eigenvalue weighted by Crippen LogP contribution is -2.40. The van der Waals surface area contributed by atoms with Crippen LogP contribution in [0.25, 0.3) is 5.52 Å². The Hall–Kier alpha value is -3.06. The van der Waals surface area contributed by atoms with E-state index in [4.69, 9.17) is 24.3 Å². The van der Waals surface area contributed by atoms with Crippen molar-refractivity contribution < 1.29 is 38.1 Å². The van der Waals surface area contributed by atoms with Crippen molar-refractivity contribution in [3.8, 4) is 5.75 Å². The molecule has 3 heterocycles. The van der Waals surface area contributed by atoms with Crippen LogP contribution < -0.4 is 15.3 Å². The van der Waals surface area contributed by atoms with Crippen molar-refractivity contribution in [3.05, 3.63) is 54.5 Å². The topological polar surface area (TPSA) is 180 Å². The van der Waals surface area contributed by atoms with Crippen LogP contribution in [0.1, 0.15) is 46.2 Å². The number of carbonyl (C=O) groups is 1. The number of hydrogen-bond donors (Lipinski definition) is 4. The Balaban J connectivity index is 1.50. The normalized spacial score (nSPS) is 24.8. The van der Waals surface area contributed by atoms with E-state index in [1.165, 1.54) is 17.8 Å². The molecule has 224 valence electrons. The summed E-state index contributed by atoms with van der Waals surface area (Å²) in [4.78, 5) is 16.6. The van der Waals surface area contributed by atoms with Crippen LogP contribution in [0.4, 0.5) is 5.82 Å². The van der Waals surface area contributed by atoms with Gasteiger partial charge in [-0.1, -0.05) is 44.9 Å². The summed E-state index contributed by atoms with van der Waals surface area (Å²) in [6, 6.07) is 10.6. The molecule has 0 spiro atoms. The van der Waals surface area contributed by atoms with Crippen LogP contribution in [0.15, 0.2) is 48.8 Å². The molecule has 1 saturated heterocycles. The quantitative estimate of drug-likeness (QED) is 0.169. The maximum absolute atomic E-state index is 13.9. The van der Waals surface area contributed by atoms with Crippen LogP contribution in [-0.4, -0.2) is 68.3 Å². The van der Waals surface area contributed by atoms with Gasteiger partial charge in [-0.3, -0.25) is 9.32 Å². The van der Waals surface area contributed by atoms with Crippen molar-refractivity contribution in [2.45, 2.75) is 70.5 Å². The van der Waals surface area contributed by atoms with Gasteiger partial charge in [0, 0.05) is 0 Å². The summed E-state index contributed by atoms with van der Waals surface area (Å²) in [5.74, 6) is 0.0760. The highest BCUT2D eigenvalue weighted by Gasteiger charge is 2.54. The molecule has 1 aliphatic heterocycles. The molecule has 0 radical (unpaired) electrons. The molecule has 6 atom stereocenters. The molecule has 4 rings (SSSR count). The van der Waals surface area contributed by atoms with Gasteiger partial charge in [0.25, 0.3) is 0 Å². The summed E-state index contributed by atoms with van der Waals surface area (Å²) in [5, 5.41) is 28.7. The fourth-order valence-corrected chi connectivity index (χ4v) is 6.18. The summed E-state index contributed by atoms with van der Waals surface area (Å²) in [6.07, 6.45) is -0.945. The Kier molecular flexibility index (Phi) is 9.68. The smallest absolute Gasteiger partial charge is 0.459 e. The third-order valence-corrected chi connectivity index (χ3v) is 9.00. The number of rotatable bonds is 13. The average Bonchev–Trinajstić information content (AvgIpc) is 3.49. The van der Waals surface area contributed by atoms with E-state index in [1.54, 1.807) is 49.4 Å². The molecule has 0 aliphatic carbocycles. The Morgan fingerprint density at radius 1 is 1.22 bits per heavy atom. The van der Waals surface area contributed by atoms with Gasteiger partial charge < -0.3 is 29.9 Å². The van der Waals surface area contributed by atoms with Crippen LogP contribution in [0.5, 0.6) is 5.75 Å². The number of para-hydroxylation sites is 1. The van der Waals surface area contributed by atoms with Crippen LogP contribution in [0.3, 0.4) is 0 Å². The van der Waals surface area contributed by atoms with E-state index in [0.29, 0.717) is 11.2 Å². The molecule has 0 bridgehead atoms. The van der Waals surface area contributed by atoms with Gasteiger partial charge in [-0.15, -0.1) is 0 Å². The number of nitrogens with two attached hydrogens (primary N) is 1. The van der Waals surface area contributed by atoms with Gasteiger partial charge in [0.2, 0.25) is 0 Å². The molecule has 1 fully saturated rings. The predicted molar refractivity (Wildman–Crippen MR) is 150 cm³/mol. The number of ether oxygens (including phenoxy) is 2. The molecular weight excluding hydrogens is 553 g/mol. The standard InChI is InChI=1S/C27H38N5O8P/c1-5-18(6-2)14-37-26(35)17(3)31-41(36,40-19-10-8-7-9-11-19)38-15-21-23(33)24(34)27(4,39-21)22-13-12-20-25(28)29-16-30-32(20)22/h7-13,16-18,21,23-24,33-34H,5-6,14-15H2,1-4H3,(H,31,36)(H2,28,29,30)/t17-,21+,23+,24+,27?,41-/m0/s1. The Labute approximate surface area is 238 Å². The molecule has 0 amide bonds. The second kappa shape index (κ2) is 12.8. The van der Waals surface area contributed by atoms with E-state index >= 15 is 0 Å². The lowest BCUT2D eigenvalue weighted by atomic mass is 9.93. The molecule has 1 aliphatic rings. The number of hydrogen-bond acceptors (Lipinski definition) is 11. The lowest BCUT2D eigenvalue weighted by Gasteiger charge is -2.27. The van der Waals surface area contributed by atoms with E-state index in [0.717, 1.165) is 12.8 Å². The zero-order valence-corrected chi connectivity index (χ0v) is 24.4. The van der Waals surface area contributed by atoms with Crippen LogP contribution in [0.2, 0.25) is 0 Å². The first-order chi connectivity index (χ1) is 19.5. The minimum atomic E-state index is -4.22. The van der Waals surface area contributed by atoms with E-state index < -0.39 is 50.3 Å². The molecule has 41 heavy (non-hydrogen) atoms. The van der Waals surface area contributed by atoms with Crippen molar-refractivity contribution in [2.75, 3.05) is 18.9 Å². The largest absolute Gasteiger partial charge is 0.464 e. The number of nitrogen functional groups attached to an aromatic ring is 1. The number of esters is 1. The first-order valence-electron chi connectivity index (χ1n) is 13.6. The number of aromatic nitrogens is 3. The minimum Gasteiger partial charge on any atom is -0.464 e. The molecule has 0 saturated carbocycles. The molecule has 2 aromatic heterocycles. The number of aliphatic hydroxyl groups excluding tert-OH is 2. The Morgan fingerprint density at radius 2 is 1.93 bits per heavy atom. The third kappa shape index (κ3) is 6.72. The first-order valence-corrected chi connectivity index (χ1v) is 15.1. The number of benzene rings is 1. The Morgan fingerprint density at radius 3 is 2.61 bits per heavy atom. The van der Waals surface area contributed by atoms with Crippen LogP contribution in [-0.2, 0) is 29.0 Å². The van der Waals surface area contributed by atoms with Crippen molar-refractivity contribution in [2.24, 2.45) is 5.92 Å². The summed E-state index contributed by atoms with van der Waals surface area (Å²) in [7, 11) is -4.22. The number of carbonyl (C=O) groups excluding carboxylic acids is 1. The predicted octanol–water partition coefficient (Wildman–Crippen LogP) is 2.81. The van der Waals surface area contributed by atoms with Gasteiger partial charge in [0.1, 0.15) is 47.5 Å². The number of nitrogens with one attached hydrogen (secondary N) is 1. The second-order valence-corrected chi connectivity index (χ2v) is 11.9. The fourth-order valence-electron chi connectivity index (χ4n) is 4.68. The Bertz CT molecular complexity index is 1370. The van der Waals surface area contributed by atoms with Crippen molar-refractivity contribution in [1.82, 2.24) is 19.7 Å². The maximum Gasteiger partial charge on any atom is 0.459 e. The number of nitrogens with zero attached hydrogens (tertiary/aromatic N) is 3. The van der Waals surface area contributed by atoms with E-state index in [9.17, 15) is 19.6 Å². The highest BCUT2D eigenvalue weighted by molar-refractivity contribution is 7.52. The fraction of sp³-hybridized carbons (Fsp3) is 0.519. The van der Waals surface area contributed by atoms with E-state index in [-0.39, 0.29) is 24.1 Å². The van der Waals surface area contributed by atoms with Gasteiger partial charge >= 0.3 is 13.7 Å². The minimum absolute atomic E-state index is 0.220. The molecule has 1 unspecified atom stereocenters. The summed E-state index contributed by atoms with van der Waals surface area (Å²) in [5.41, 5.74) is 5.44. The average molecular weight is 592 g/mol. The number of aliphatic hydroxyl groups is 2. The summed E-state index contributed by atoms with van der Waals surface area (Å²) < 4.78 is 38.3. The number of anilines is 1. The SMILES string of the molecule is CCC(CC)COC(=O)[C@H](C)N[P@](=O)(OC[C@H]1OC(C)(c2ccc3c(N)ncnn23)[C@H](O)[C@@H]1O)Oc1ccccc1. The van der Waals surface area contributed by atoms with Crippen molar-refractivity contribution >= 4 is 25.1 Å². The molecule has 3 aromatic rings. The summed E-state index contributed by atoms with van der Waals surface area (Å²) in [6.45, 7) is 6.92. The van der Waals surface area contributed by atoms with Crippen molar-refractivity contribution in [1.29, 1.82) is 0 Å². The maximum atomic E-state index is 13.9. The summed E-state index contributed by atoms with van der Waals surface area (Å²) >= 11 is 0. The highest BCUT2D eigenvalue weighted by Crippen LogP contribution is 2.47. The van der Waals surface area contributed by atoms with Gasteiger partial charge in [-0.2, -0.15) is 10.2 Å². The van der Waals surface area contributed by atoms with Gasteiger partial charge in [-0.25, -0.2) is 14.1 Å². The van der Waals surface area contributed by atoms with Gasteiger partial charge in [0.15, 0.2) is 5.82 Å². The van der Waals surface area contributed by atoms with Crippen LogP contribution in [0, 0.1) is 5.92 Å². The highest BCUT2D eigenvalue weighted by atomic mass is 31.2.